The second-order valence-electron chi connectivity index (χ2n) is 2.59. The maximum absolute atomic E-state index is 12.1. The molecule has 0 heterocycles. The number of allylic oxidation sites excluding steroid dienone is 2. The average Bonchev–Trinajstić information content (AvgIpc) is 2.04. The van der Waals surface area contributed by atoms with Crippen LogP contribution in [0.3, 0.4) is 0 Å². The maximum atomic E-state index is 12.1. The predicted molar refractivity (Wildman–Crippen MR) is 37.5 cm³/mol. The Labute approximate surface area is 59.9 Å². The Hall–Kier alpha value is -0.660. The smallest absolute Gasteiger partial charge is 0.146 e. The summed E-state index contributed by atoms with van der Waals surface area (Å²) in [5, 5.41) is 0. The second-order valence-corrected chi connectivity index (χ2v) is 2.59. The molecule has 10 heavy (non-hydrogen) atoms. The highest BCUT2D eigenvalue weighted by atomic mass is 19.1. The summed E-state index contributed by atoms with van der Waals surface area (Å²) in [5.41, 5.74) is 1.43. The van der Waals surface area contributed by atoms with E-state index in [1.165, 1.54) is 0 Å². The molecule has 0 amide bonds. The Morgan fingerprint density at radius 1 is 1.40 bits per heavy atom. The van der Waals surface area contributed by atoms with Crippen molar-refractivity contribution in [1.29, 1.82) is 0 Å². The SMILES string of the molecule is O=CC1=C(CF)CCCC1. The van der Waals surface area contributed by atoms with E-state index in [9.17, 15) is 9.18 Å². The minimum atomic E-state index is -0.436. The van der Waals surface area contributed by atoms with Gasteiger partial charge >= 0.3 is 0 Å². The molecule has 2 heteroatoms. The van der Waals surface area contributed by atoms with Crippen molar-refractivity contribution < 1.29 is 9.18 Å². The third-order valence-corrected chi connectivity index (χ3v) is 1.93. The zero-order valence-electron chi connectivity index (χ0n) is 5.90. The molecular weight excluding hydrogens is 131 g/mol. The number of hydrogen-bond acceptors (Lipinski definition) is 1. The molecule has 0 saturated heterocycles. The number of alkyl halides is 1. The van der Waals surface area contributed by atoms with Gasteiger partial charge in [-0.3, -0.25) is 4.79 Å². The van der Waals surface area contributed by atoms with Crippen LogP contribution in [0.25, 0.3) is 0 Å². The molecule has 1 rings (SSSR count). The Bertz CT molecular complexity index is 161. The fourth-order valence-electron chi connectivity index (χ4n) is 1.29. The molecule has 0 aromatic heterocycles. The van der Waals surface area contributed by atoms with E-state index in [1.54, 1.807) is 0 Å². The van der Waals surface area contributed by atoms with Gasteiger partial charge in [0.2, 0.25) is 0 Å². The number of carbonyl (C=O) groups is 1. The van der Waals surface area contributed by atoms with E-state index in [4.69, 9.17) is 0 Å². The molecule has 0 aromatic rings. The number of hydrogen-bond donors (Lipinski definition) is 0. The summed E-state index contributed by atoms with van der Waals surface area (Å²) in [6, 6.07) is 0. The zero-order chi connectivity index (χ0) is 7.40. The van der Waals surface area contributed by atoms with E-state index >= 15 is 0 Å². The van der Waals surface area contributed by atoms with Gasteiger partial charge in [0.05, 0.1) is 0 Å². The van der Waals surface area contributed by atoms with Gasteiger partial charge in [-0.15, -0.1) is 0 Å². The molecule has 0 unspecified atom stereocenters. The van der Waals surface area contributed by atoms with E-state index in [0.29, 0.717) is 5.57 Å². The van der Waals surface area contributed by atoms with E-state index in [2.05, 4.69) is 0 Å². The topological polar surface area (TPSA) is 17.1 Å². The highest BCUT2D eigenvalue weighted by Gasteiger charge is 2.10. The summed E-state index contributed by atoms with van der Waals surface area (Å²) in [4.78, 5) is 10.3. The summed E-state index contributed by atoms with van der Waals surface area (Å²) in [7, 11) is 0. The van der Waals surface area contributed by atoms with E-state index in [0.717, 1.165) is 37.5 Å². The minimum absolute atomic E-state index is 0.436. The zero-order valence-corrected chi connectivity index (χ0v) is 5.90. The van der Waals surface area contributed by atoms with Gasteiger partial charge in [-0.25, -0.2) is 4.39 Å². The minimum Gasteiger partial charge on any atom is -0.298 e. The van der Waals surface area contributed by atoms with Crippen molar-refractivity contribution in [3.8, 4) is 0 Å². The highest BCUT2D eigenvalue weighted by molar-refractivity contribution is 5.74. The van der Waals surface area contributed by atoms with Crippen molar-refractivity contribution in [3.05, 3.63) is 11.1 Å². The van der Waals surface area contributed by atoms with Crippen molar-refractivity contribution in [3.63, 3.8) is 0 Å². The first-order chi connectivity index (χ1) is 4.88. The molecule has 0 atom stereocenters. The van der Waals surface area contributed by atoms with Crippen LogP contribution in [0.1, 0.15) is 25.7 Å². The van der Waals surface area contributed by atoms with Crippen LogP contribution in [0.15, 0.2) is 11.1 Å². The quantitative estimate of drug-likeness (QED) is 0.539. The summed E-state index contributed by atoms with van der Waals surface area (Å²) in [6.45, 7) is -0.436. The van der Waals surface area contributed by atoms with Gasteiger partial charge in [-0.1, -0.05) is 0 Å². The number of carbonyl (C=O) groups excluding carboxylic acids is 1. The molecule has 1 aliphatic carbocycles. The Kier molecular flexibility index (Phi) is 2.60. The molecule has 0 fully saturated rings. The van der Waals surface area contributed by atoms with Crippen LogP contribution in [-0.4, -0.2) is 13.0 Å². The number of halogens is 1. The van der Waals surface area contributed by atoms with Gasteiger partial charge in [0, 0.05) is 0 Å². The highest BCUT2D eigenvalue weighted by Crippen LogP contribution is 2.23. The van der Waals surface area contributed by atoms with Crippen LogP contribution < -0.4 is 0 Å². The number of aldehydes is 1. The molecule has 0 saturated carbocycles. The van der Waals surface area contributed by atoms with Gasteiger partial charge in [0.15, 0.2) is 0 Å². The van der Waals surface area contributed by atoms with Crippen molar-refractivity contribution >= 4 is 6.29 Å². The lowest BCUT2D eigenvalue weighted by Crippen LogP contribution is -2.02. The molecule has 0 spiro atoms. The lowest BCUT2D eigenvalue weighted by molar-refractivity contribution is -0.105. The normalized spacial score (nSPS) is 19.3. The van der Waals surface area contributed by atoms with Crippen LogP contribution in [0.2, 0.25) is 0 Å². The fourth-order valence-corrected chi connectivity index (χ4v) is 1.29. The van der Waals surface area contributed by atoms with E-state index < -0.39 is 6.67 Å². The maximum Gasteiger partial charge on any atom is 0.146 e. The van der Waals surface area contributed by atoms with Gasteiger partial charge in [-0.2, -0.15) is 0 Å². The first kappa shape index (κ1) is 7.45. The summed E-state index contributed by atoms with van der Waals surface area (Å²) in [6.07, 6.45) is 4.44. The van der Waals surface area contributed by atoms with Gasteiger partial charge in [0.1, 0.15) is 13.0 Å². The standard InChI is InChI=1S/C8H11FO/c9-5-7-3-1-2-4-8(7)6-10/h6H,1-5H2. The first-order valence-electron chi connectivity index (χ1n) is 3.60. The molecule has 0 bridgehead atoms. The van der Waals surface area contributed by atoms with Crippen LogP contribution in [-0.2, 0) is 4.79 Å². The van der Waals surface area contributed by atoms with E-state index in [1.807, 2.05) is 0 Å². The van der Waals surface area contributed by atoms with Crippen molar-refractivity contribution in [2.45, 2.75) is 25.7 Å². The summed E-state index contributed by atoms with van der Waals surface area (Å²) in [5.74, 6) is 0. The van der Waals surface area contributed by atoms with Gasteiger partial charge in [-0.05, 0) is 36.8 Å². The molecule has 0 radical (unpaired) electrons. The van der Waals surface area contributed by atoms with E-state index in [-0.39, 0.29) is 0 Å². The monoisotopic (exact) mass is 142 g/mol. The van der Waals surface area contributed by atoms with Crippen LogP contribution in [0, 0.1) is 0 Å². The Balaban J connectivity index is 2.72. The number of rotatable bonds is 2. The Morgan fingerprint density at radius 3 is 2.60 bits per heavy atom. The lowest BCUT2D eigenvalue weighted by atomic mass is 9.93. The predicted octanol–water partition coefficient (Wildman–Crippen LogP) is 2.03. The molecule has 0 aromatic carbocycles. The summed E-state index contributed by atoms with van der Waals surface area (Å²) >= 11 is 0. The Morgan fingerprint density at radius 2 is 2.10 bits per heavy atom. The summed E-state index contributed by atoms with van der Waals surface area (Å²) < 4.78 is 12.1. The van der Waals surface area contributed by atoms with Crippen LogP contribution in [0.5, 0.6) is 0 Å². The van der Waals surface area contributed by atoms with Crippen LogP contribution in [0.4, 0.5) is 4.39 Å². The van der Waals surface area contributed by atoms with Gasteiger partial charge < -0.3 is 0 Å². The molecule has 1 nitrogen and oxygen atoms in total. The molecule has 1 aliphatic rings. The molecule has 0 N–H and O–H groups in total. The van der Waals surface area contributed by atoms with Gasteiger partial charge in [0.25, 0.3) is 0 Å². The molecular formula is C8H11FO. The van der Waals surface area contributed by atoms with Crippen molar-refractivity contribution in [1.82, 2.24) is 0 Å². The molecule has 0 aliphatic heterocycles. The third-order valence-electron chi connectivity index (χ3n) is 1.93. The van der Waals surface area contributed by atoms with Crippen molar-refractivity contribution in [2.24, 2.45) is 0 Å². The second kappa shape index (κ2) is 3.49. The van der Waals surface area contributed by atoms with Crippen molar-refractivity contribution in [2.75, 3.05) is 6.67 Å². The molecule has 56 valence electrons. The largest absolute Gasteiger partial charge is 0.298 e. The fraction of sp³-hybridized carbons (Fsp3) is 0.625. The van der Waals surface area contributed by atoms with Crippen LogP contribution >= 0.6 is 0 Å². The third kappa shape index (κ3) is 1.43. The average molecular weight is 142 g/mol. The lowest BCUT2D eigenvalue weighted by Gasteiger charge is -2.12. The first-order valence-corrected chi connectivity index (χ1v) is 3.60.